The summed E-state index contributed by atoms with van der Waals surface area (Å²) >= 11 is 1.37. The molecule has 1 saturated heterocycles. The van der Waals surface area contributed by atoms with Gasteiger partial charge >= 0.3 is 5.97 Å². The fourth-order valence-electron chi connectivity index (χ4n) is 3.87. The minimum Gasteiger partial charge on any atom is -0.490 e. The van der Waals surface area contributed by atoms with Crippen LogP contribution >= 0.6 is 11.3 Å². The number of fused-ring (bicyclic) bond motifs is 1. The van der Waals surface area contributed by atoms with Gasteiger partial charge in [0.1, 0.15) is 28.0 Å². The normalized spacial score (nSPS) is 14.6. The van der Waals surface area contributed by atoms with Gasteiger partial charge in [0.05, 0.1) is 18.6 Å². The molecular formula is C23H27N3O4S. The maximum atomic E-state index is 12.3. The van der Waals surface area contributed by atoms with Gasteiger partial charge in [0.15, 0.2) is 11.5 Å². The van der Waals surface area contributed by atoms with Crippen molar-refractivity contribution >= 4 is 33.3 Å². The molecule has 0 aliphatic carbocycles. The second kappa shape index (κ2) is 9.51. The van der Waals surface area contributed by atoms with Gasteiger partial charge in [0.2, 0.25) is 0 Å². The van der Waals surface area contributed by atoms with Crippen molar-refractivity contribution in [1.29, 1.82) is 0 Å². The molecule has 1 aliphatic rings. The average molecular weight is 442 g/mol. The number of hydrogen-bond acceptors (Lipinski definition) is 8. The SMILES string of the molecule is CCOC(=O)c1sc2ncnc(N3CCC(Oc4ccccc4OCC)CC3)c2c1C. The first kappa shape index (κ1) is 21.4. The second-order valence-corrected chi connectivity index (χ2v) is 8.34. The Morgan fingerprint density at radius 3 is 2.58 bits per heavy atom. The summed E-state index contributed by atoms with van der Waals surface area (Å²) in [6.45, 7) is 8.32. The van der Waals surface area contributed by atoms with Crippen LogP contribution in [0.5, 0.6) is 11.5 Å². The molecule has 0 spiro atoms. The lowest BCUT2D eigenvalue weighted by atomic mass is 10.1. The summed E-state index contributed by atoms with van der Waals surface area (Å²) in [7, 11) is 0. The van der Waals surface area contributed by atoms with E-state index in [2.05, 4.69) is 14.9 Å². The smallest absolute Gasteiger partial charge is 0.348 e. The molecule has 164 valence electrons. The number of esters is 1. The number of aryl methyl sites for hydroxylation is 1. The van der Waals surface area contributed by atoms with Crippen molar-refractivity contribution in [1.82, 2.24) is 9.97 Å². The number of carbonyl (C=O) groups excluding carboxylic acids is 1. The van der Waals surface area contributed by atoms with E-state index in [9.17, 15) is 4.79 Å². The number of benzene rings is 1. The highest BCUT2D eigenvalue weighted by Gasteiger charge is 2.26. The number of anilines is 1. The van der Waals surface area contributed by atoms with E-state index < -0.39 is 0 Å². The third-order valence-corrected chi connectivity index (χ3v) is 6.53. The predicted molar refractivity (Wildman–Crippen MR) is 122 cm³/mol. The molecule has 1 aromatic carbocycles. The fraction of sp³-hybridized carbons (Fsp3) is 0.435. The zero-order valence-corrected chi connectivity index (χ0v) is 18.9. The number of carbonyl (C=O) groups is 1. The van der Waals surface area contributed by atoms with Gasteiger partial charge < -0.3 is 19.1 Å². The molecule has 1 aliphatic heterocycles. The molecule has 0 atom stereocenters. The van der Waals surface area contributed by atoms with Crippen molar-refractivity contribution in [2.75, 3.05) is 31.2 Å². The molecule has 1 fully saturated rings. The topological polar surface area (TPSA) is 73.8 Å². The van der Waals surface area contributed by atoms with E-state index >= 15 is 0 Å². The minimum absolute atomic E-state index is 0.119. The van der Waals surface area contributed by atoms with Gasteiger partial charge in [-0.25, -0.2) is 14.8 Å². The maximum Gasteiger partial charge on any atom is 0.348 e. The molecule has 0 radical (unpaired) electrons. The number of thiophene rings is 1. The highest BCUT2D eigenvalue weighted by atomic mass is 32.1. The number of aromatic nitrogens is 2. The molecule has 8 heteroatoms. The van der Waals surface area contributed by atoms with Crippen LogP contribution in [0.4, 0.5) is 5.82 Å². The highest BCUT2D eigenvalue weighted by molar-refractivity contribution is 7.20. The molecule has 31 heavy (non-hydrogen) atoms. The summed E-state index contributed by atoms with van der Waals surface area (Å²) in [5.74, 6) is 2.15. The van der Waals surface area contributed by atoms with Crippen molar-refractivity contribution in [3.8, 4) is 11.5 Å². The predicted octanol–water partition coefficient (Wildman–Crippen LogP) is 4.62. The van der Waals surface area contributed by atoms with E-state index in [4.69, 9.17) is 14.2 Å². The number of ether oxygens (including phenoxy) is 3. The quantitative estimate of drug-likeness (QED) is 0.495. The van der Waals surface area contributed by atoms with Gasteiger partial charge in [-0.1, -0.05) is 12.1 Å². The van der Waals surface area contributed by atoms with E-state index in [1.165, 1.54) is 11.3 Å². The zero-order valence-electron chi connectivity index (χ0n) is 18.1. The molecule has 0 N–H and O–H groups in total. The number of nitrogens with zero attached hydrogens (tertiary/aromatic N) is 3. The van der Waals surface area contributed by atoms with Gasteiger partial charge in [-0.2, -0.15) is 0 Å². The third-order valence-electron chi connectivity index (χ3n) is 5.35. The van der Waals surface area contributed by atoms with E-state index in [0.29, 0.717) is 18.1 Å². The van der Waals surface area contributed by atoms with Crippen molar-refractivity contribution in [2.45, 2.75) is 39.7 Å². The summed E-state index contributed by atoms with van der Waals surface area (Å²) < 4.78 is 17.1. The zero-order chi connectivity index (χ0) is 21.8. The molecule has 0 saturated carbocycles. The Balaban J connectivity index is 1.50. The van der Waals surface area contributed by atoms with Crippen LogP contribution in [-0.2, 0) is 4.74 Å². The van der Waals surface area contributed by atoms with Crippen LogP contribution in [0.2, 0.25) is 0 Å². The van der Waals surface area contributed by atoms with Crippen molar-refractivity contribution in [3.63, 3.8) is 0 Å². The summed E-state index contributed by atoms with van der Waals surface area (Å²) in [5.41, 5.74) is 0.887. The van der Waals surface area contributed by atoms with E-state index in [1.54, 1.807) is 6.33 Å². The number of rotatable bonds is 7. The molecule has 3 heterocycles. The van der Waals surface area contributed by atoms with Gasteiger partial charge in [0.25, 0.3) is 0 Å². The molecule has 0 bridgehead atoms. The van der Waals surface area contributed by atoms with Crippen molar-refractivity contribution < 1.29 is 19.0 Å². The van der Waals surface area contributed by atoms with Crippen LogP contribution in [0.3, 0.4) is 0 Å². The number of para-hydroxylation sites is 2. The Hall–Kier alpha value is -2.87. The Morgan fingerprint density at radius 1 is 1.13 bits per heavy atom. The molecular weight excluding hydrogens is 414 g/mol. The van der Waals surface area contributed by atoms with E-state index in [-0.39, 0.29) is 12.1 Å². The Morgan fingerprint density at radius 2 is 1.87 bits per heavy atom. The first-order valence-corrected chi connectivity index (χ1v) is 11.5. The lowest BCUT2D eigenvalue weighted by Gasteiger charge is -2.33. The Labute approximate surface area is 186 Å². The van der Waals surface area contributed by atoms with Crippen molar-refractivity contribution in [2.24, 2.45) is 0 Å². The summed E-state index contributed by atoms with van der Waals surface area (Å²) in [6, 6.07) is 7.81. The van der Waals surface area contributed by atoms with Crippen LogP contribution in [0.1, 0.15) is 41.9 Å². The van der Waals surface area contributed by atoms with E-state index in [1.807, 2.05) is 45.0 Å². The second-order valence-electron chi connectivity index (χ2n) is 7.34. The molecule has 4 rings (SSSR count). The van der Waals surface area contributed by atoms with Crippen LogP contribution in [0, 0.1) is 6.92 Å². The standard InChI is InChI=1S/C23H27N3O4S/c1-4-28-17-8-6-7-9-18(17)30-16-10-12-26(13-11-16)21-19-15(3)20(23(27)29-5-2)31-22(19)25-14-24-21/h6-9,14,16H,4-5,10-13H2,1-3H3. The van der Waals surface area contributed by atoms with Gasteiger partial charge in [-0.3, -0.25) is 0 Å². The monoisotopic (exact) mass is 441 g/mol. The molecule has 0 unspecified atom stereocenters. The first-order chi connectivity index (χ1) is 15.1. The van der Waals surface area contributed by atoms with Gasteiger partial charge in [0, 0.05) is 25.9 Å². The summed E-state index contributed by atoms with van der Waals surface area (Å²) in [6.07, 6.45) is 3.44. The van der Waals surface area contributed by atoms with Gasteiger partial charge in [-0.05, 0) is 38.5 Å². The highest BCUT2D eigenvalue weighted by Crippen LogP contribution is 2.36. The number of piperidine rings is 1. The van der Waals surface area contributed by atoms with Crippen molar-refractivity contribution in [3.05, 3.63) is 41.0 Å². The third kappa shape index (κ3) is 4.44. The van der Waals surface area contributed by atoms with Crippen LogP contribution < -0.4 is 14.4 Å². The van der Waals surface area contributed by atoms with Crippen LogP contribution in [0.15, 0.2) is 30.6 Å². The van der Waals surface area contributed by atoms with Gasteiger partial charge in [-0.15, -0.1) is 11.3 Å². The Kier molecular flexibility index (Phi) is 6.56. The number of hydrogen-bond donors (Lipinski definition) is 0. The maximum absolute atomic E-state index is 12.3. The largest absolute Gasteiger partial charge is 0.490 e. The van der Waals surface area contributed by atoms with Crippen LogP contribution in [-0.4, -0.2) is 48.3 Å². The average Bonchev–Trinajstić information content (AvgIpc) is 3.13. The molecule has 2 aromatic heterocycles. The lowest BCUT2D eigenvalue weighted by molar-refractivity contribution is 0.0531. The minimum atomic E-state index is -0.297. The Bertz CT molecular complexity index is 1060. The van der Waals surface area contributed by atoms with Crippen LogP contribution in [0.25, 0.3) is 10.2 Å². The summed E-state index contributed by atoms with van der Waals surface area (Å²) in [5, 5.41) is 0.941. The molecule has 7 nitrogen and oxygen atoms in total. The first-order valence-electron chi connectivity index (χ1n) is 10.7. The van der Waals surface area contributed by atoms with E-state index in [0.717, 1.165) is 59.0 Å². The molecule has 0 amide bonds. The fourth-order valence-corrected chi connectivity index (χ4v) is 4.91. The lowest BCUT2D eigenvalue weighted by Crippen LogP contribution is -2.38. The summed E-state index contributed by atoms with van der Waals surface area (Å²) in [4.78, 5) is 24.9. The molecule has 3 aromatic rings.